The molecule has 1 saturated carbocycles. The zero-order chi connectivity index (χ0) is 8.48. The Morgan fingerprint density at radius 2 is 2.36 bits per heavy atom. The van der Waals surface area contributed by atoms with Crippen LogP contribution >= 0.6 is 0 Å². The zero-order valence-electron chi connectivity index (χ0n) is 7.05. The third kappa shape index (κ3) is 1.53. The minimum Gasteiger partial charge on any atom is -0.395 e. The Kier molecular flexibility index (Phi) is 2.18. The Morgan fingerprint density at radius 1 is 1.82 bits per heavy atom. The van der Waals surface area contributed by atoms with Gasteiger partial charge in [-0.1, -0.05) is 13.8 Å². The van der Waals surface area contributed by atoms with Crippen molar-refractivity contribution in [2.75, 3.05) is 13.2 Å². The second kappa shape index (κ2) is 2.81. The minimum absolute atomic E-state index is 0.0240. The molecule has 3 nitrogen and oxygen atoms in total. The van der Waals surface area contributed by atoms with E-state index in [9.17, 15) is 4.79 Å². The van der Waals surface area contributed by atoms with E-state index in [1.54, 1.807) is 0 Å². The Hall–Kier alpha value is -0.570. The highest BCUT2D eigenvalue weighted by Crippen LogP contribution is 2.51. The van der Waals surface area contributed by atoms with E-state index >= 15 is 0 Å². The van der Waals surface area contributed by atoms with Crippen molar-refractivity contribution < 1.29 is 9.90 Å². The fraction of sp³-hybridized carbons (Fsp3) is 0.875. The Bertz CT molecular complexity index is 169. The number of amides is 1. The van der Waals surface area contributed by atoms with Crippen LogP contribution in [0.5, 0.6) is 0 Å². The van der Waals surface area contributed by atoms with Crippen LogP contribution in [0.4, 0.5) is 0 Å². The van der Waals surface area contributed by atoms with Crippen molar-refractivity contribution in [3.63, 3.8) is 0 Å². The maximum atomic E-state index is 11.3. The van der Waals surface area contributed by atoms with Crippen molar-refractivity contribution in [3.8, 4) is 0 Å². The first-order valence-corrected chi connectivity index (χ1v) is 4.00. The second-order valence-electron chi connectivity index (χ2n) is 3.50. The monoisotopic (exact) mass is 157 g/mol. The fourth-order valence-corrected chi connectivity index (χ4v) is 1.26. The van der Waals surface area contributed by atoms with Crippen LogP contribution in [-0.4, -0.2) is 24.2 Å². The number of hydrogen-bond donors (Lipinski definition) is 2. The molecule has 0 aliphatic heterocycles. The molecule has 2 unspecified atom stereocenters. The molecule has 1 fully saturated rings. The summed E-state index contributed by atoms with van der Waals surface area (Å²) in [5.41, 5.74) is -0.144. The van der Waals surface area contributed by atoms with Gasteiger partial charge in [-0.3, -0.25) is 4.79 Å². The molecule has 0 saturated heterocycles. The summed E-state index contributed by atoms with van der Waals surface area (Å²) in [6, 6.07) is 0. The Labute approximate surface area is 66.8 Å². The van der Waals surface area contributed by atoms with E-state index in [2.05, 4.69) is 12.2 Å². The summed E-state index contributed by atoms with van der Waals surface area (Å²) in [7, 11) is 0. The van der Waals surface area contributed by atoms with E-state index in [1.807, 2.05) is 6.92 Å². The Morgan fingerprint density at radius 3 is 2.73 bits per heavy atom. The molecule has 0 bridgehead atoms. The van der Waals surface area contributed by atoms with Gasteiger partial charge in [0.25, 0.3) is 0 Å². The van der Waals surface area contributed by atoms with Crippen molar-refractivity contribution >= 4 is 5.91 Å². The molecule has 0 aromatic rings. The van der Waals surface area contributed by atoms with Gasteiger partial charge in [-0.15, -0.1) is 0 Å². The maximum Gasteiger partial charge on any atom is 0.226 e. The van der Waals surface area contributed by atoms with Crippen LogP contribution in [0.25, 0.3) is 0 Å². The van der Waals surface area contributed by atoms with Crippen molar-refractivity contribution in [1.82, 2.24) is 5.32 Å². The van der Waals surface area contributed by atoms with Gasteiger partial charge in [0.1, 0.15) is 0 Å². The molecular formula is C8H15NO2. The normalized spacial score (nSPS) is 35.0. The topological polar surface area (TPSA) is 49.3 Å². The lowest BCUT2D eigenvalue weighted by molar-refractivity contribution is -0.126. The lowest BCUT2D eigenvalue weighted by Gasteiger charge is -2.09. The van der Waals surface area contributed by atoms with Gasteiger partial charge in [0, 0.05) is 12.0 Å². The molecule has 0 aromatic carbocycles. The molecule has 0 heterocycles. The molecule has 64 valence electrons. The number of nitrogens with one attached hydrogen (secondary N) is 1. The van der Waals surface area contributed by atoms with Crippen LogP contribution in [0.15, 0.2) is 0 Å². The molecule has 1 rings (SSSR count). The van der Waals surface area contributed by atoms with Crippen LogP contribution in [0, 0.1) is 11.3 Å². The van der Waals surface area contributed by atoms with E-state index in [0.717, 1.165) is 6.42 Å². The minimum atomic E-state index is -0.144. The van der Waals surface area contributed by atoms with E-state index in [0.29, 0.717) is 12.5 Å². The SMILES string of the molecule is CC1CC1(C)C(=O)NCCO. The lowest BCUT2D eigenvalue weighted by atomic mass is 10.1. The van der Waals surface area contributed by atoms with Crippen molar-refractivity contribution in [2.24, 2.45) is 11.3 Å². The molecule has 3 heteroatoms. The summed E-state index contributed by atoms with van der Waals surface area (Å²) in [5, 5.41) is 11.1. The quantitative estimate of drug-likeness (QED) is 0.612. The summed E-state index contributed by atoms with van der Waals surface area (Å²) in [6.07, 6.45) is 0.976. The highest BCUT2D eigenvalue weighted by atomic mass is 16.3. The van der Waals surface area contributed by atoms with E-state index in [1.165, 1.54) is 0 Å². The highest BCUT2D eigenvalue weighted by molar-refractivity contribution is 5.85. The molecule has 0 spiro atoms. The van der Waals surface area contributed by atoms with Gasteiger partial charge in [-0.25, -0.2) is 0 Å². The molecule has 11 heavy (non-hydrogen) atoms. The molecule has 0 aromatic heterocycles. The van der Waals surface area contributed by atoms with Gasteiger partial charge >= 0.3 is 0 Å². The first-order chi connectivity index (χ1) is 5.11. The summed E-state index contributed by atoms with van der Waals surface area (Å²) >= 11 is 0. The largest absolute Gasteiger partial charge is 0.395 e. The first kappa shape index (κ1) is 8.53. The predicted octanol–water partition coefficient (Wildman–Crippen LogP) is 0.141. The van der Waals surface area contributed by atoms with Gasteiger partial charge in [0.15, 0.2) is 0 Å². The zero-order valence-corrected chi connectivity index (χ0v) is 7.05. The third-order valence-corrected chi connectivity index (χ3v) is 2.57. The van der Waals surface area contributed by atoms with Gasteiger partial charge in [-0.05, 0) is 12.3 Å². The predicted molar refractivity (Wildman–Crippen MR) is 42.0 cm³/mol. The number of aliphatic hydroxyl groups excluding tert-OH is 1. The average molecular weight is 157 g/mol. The van der Waals surface area contributed by atoms with Crippen LogP contribution in [-0.2, 0) is 4.79 Å². The number of aliphatic hydroxyl groups is 1. The second-order valence-corrected chi connectivity index (χ2v) is 3.50. The summed E-state index contributed by atoms with van der Waals surface area (Å²) in [6.45, 7) is 4.43. The molecule has 2 atom stereocenters. The standard InChI is InChI=1S/C8H15NO2/c1-6-5-8(6,2)7(11)9-3-4-10/h6,10H,3-5H2,1-2H3,(H,9,11). The van der Waals surface area contributed by atoms with E-state index in [-0.39, 0.29) is 17.9 Å². The van der Waals surface area contributed by atoms with Crippen LogP contribution in [0.3, 0.4) is 0 Å². The lowest BCUT2D eigenvalue weighted by Crippen LogP contribution is -2.33. The van der Waals surface area contributed by atoms with Crippen LogP contribution < -0.4 is 5.32 Å². The van der Waals surface area contributed by atoms with Gasteiger partial charge < -0.3 is 10.4 Å². The van der Waals surface area contributed by atoms with Gasteiger partial charge in [-0.2, -0.15) is 0 Å². The molecule has 1 amide bonds. The number of carbonyl (C=O) groups excluding carboxylic acids is 1. The number of rotatable bonds is 3. The van der Waals surface area contributed by atoms with Gasteiger partial charge in [0.05, 0.1) is 6.61 Å². The highest BCUT2D eigenvalue weighted by Gasteiger charge is 2.52. The number of carbonyl (C=O) groups is 1. The third-order valence-electron chi connectivity index (χ3n) is 2.57. The average Bonchev–Trinajstić information content (AvgIpc) is 2.56. The van der Waals surface area contributed by atoms with E-state index < -0.39 is 0 Å². The summed E-state index contributed by atoms with van der Waals surface area (Å²) in [4.78, 5) is 11.3. The fourth-order valence-electron chi connectivity index (χ4n) is 1.26. The van der Waals surface area contributed by atoms with Crippen LogP contribution in [0.1, 0.15) is 20.3 Å². The molecule has 1 aliphatic rings. The van der Waals surface area contributed by atoms with Gasteiger partial charge in [0.2, 0.25) is 5.91 Å². The summed E-state index contributed by atoms with van der Waals surface area (Å²) < 4.78 is 0. The van der Waals surface area contributed by atoms with Crippen molar-refractivity contribution in [3.05, 3.63) is 0 Å². The first-order valence-electron chi connectivity index (χ1n) is 4.00. The molecule has 1 aliphatic carbocycles. The number of hydrogen-bond acceptors (Lipinski definition) is 2. The Balaban J connectivity index is 2.31. The van der Waals surface area contributed by atoms with Crippen molar-refractivity contribution in [1.29, 1.82) is 0 Å². The molecular weight excluding hydrogens is 142 g/mol. The molecule has 2 N–H and O–H groups in total. The maximum absolute atomic E-state index is 11.3. The molecule has 0 radical (unpaired) electrons. The smallest absolute Gasteiger partial charge is 0.226 e. The van der Waals surface area contributed by atoms with Crippen molar-refractivity contribution in [2.45, 2.75) is 20.3 Å². The van der Waals surface area contributed by atoms with E-state index in [4.69, 9.17) is 5.11 Å². The summed E-state index contributed by atoms with van der Waals surface area (Å²) in [5.74, 6) is 0.584. The van der Waals surface area contributed by atoms with Crippen LogP contribution in [0.2, 0.25) is 0 Å².